The summed E-state index contributed by atoms with van der Waals surface area (Å²) in [6.45, 7) is 3.84. The molecule has 2 nitrogen and oxygen atoms in total. The van der Waals surface area contributed by atoms with E-state index in [4.69, 9.17) is 9.47 Å². The van der Waals surface area contributed by atoms with Crippen LogP contribution in [-0.4, -0.2) is 19.5 Å². The summed E-state index contributed by atoms with van der Waals surface area (Å²) in [5.41, 5.74) is 0.789. The predicted octanol–water partition coefficient (Wildman–Crippen LogP) is 5.81. The highest BCUT2D eigenvalue weighted by Crippen LogP contribution is 2.39. The Morgan fingerprint density at radius 3 is 2.16 bits per heavy atom. The van der Waals surface area contributed by atoms with E-state index in [-0.39, 0.29) is 12.2 Å². The molecule has 1 saturated carbocycles. The van der Waals surface area contributed by atoms with Crippen molar-refractivity contribution >= 4 is 0 Å². The highest BCUT2D eigenvalue weighted by atomic mass is 19.1. The van der Waals surface area contributed by atoms with Gasteiger partial charge in [0, 0.05) is 17.9 Å². The lowest BCUT2D eigenvalue weighted by atomic mass is 9.78. The Hall–Kier alpha value is -1.00. The zero-order chi connectivity index (χ0) is 17.6. The van der Waals surface area contributed by atoms with Gasteiger partial charge in [0.25, 0.3) is 0 Å². The molecule has 2 fully saturated rings. The summed E-state index contributed by atoms with van der Waals surface area (Å²) in [6, 6.07) is 3.89. The molecule has 0 amide bonds. The highest BCUT2D eigenvalue weighted by Gasteiger charge is 2.32. The minimum atomic E-state index is -0.481. The summed E-state index contributed by atoms with van der Waals surface area (Å²) >= 11 is 0. The number of rotatable bonds is 6. The van der Waals surface area contributed by atoms with E-state index in [2.05, 4.69) is 6.92 Å². The standard InChI is InChI=1S/C21H30F2O2/c1-2-3-4-5-15-13-24-21(25-14-15)17-8-6-16(7-9-17)18-10-19(22)12-20(23)11-18/h10-12,15-17,21H,2-9,13-14H2,1H3. The average molecular weight is 352 g/mol. The molecule has 1 heterocycles. The Labute approximate surface area is 149 Å². The van der Waals surface area contributed by atoms with Gasteiger partial charge < -0.3 is 9.47 Å². The zero-order valence-corrected chi connectivity index (χ0v) is 15.2. The molecule has 1 aromatic carbocycles. The van der Waals surface area contributed by atoms with Crippen molar-refractivity contribution in [2.24, 2.45) is 11.8 Å². The Morgan fingerprint density at radius 1 is 0.920 bits per heavy atom. The van der Waals surface area contributed by atoms with Gasteiger partial charge in [-0.15, -0.1) is 0 Å². The lowest BCUT2D eigenvalue weighted by Crippen LogP contribution is -2.38. The van der Waals surface area contributed by atoms with E-state index in [1.54, 1.807) is 0 Å². The van der Waals surface area contributed by atoms with Gasteiger partial charge in [-0.3, -0.25) is 0 Å². The van der Waals surface area contributed by atoms with Crippen LogP contribution in [0.1, 0.15) is 69.8 Å². The van der Waals surface area contributed by atoms with E-state index in [1.807, 2.05) is 0 Å². The molecule has 0 spiro atoms. The van der Waals surface area contributed by atoms with Crippen LogP contribution in [0.5, 0.6) is 0 Å². The first kappa shape index (κ1) is 18.8. The van der Waals surface area contributed by atoms with Gasteiger partial charge in [-0.05, 0) is 55.7 Å². The topological polar surface area (TPSA) is 18.5 Å². The van der Waals surface area contributed by atoms with Crippen LogP contribution in [0.25, 0.3) is 0 Å². The van der Waals surface area contributed by atoms with Gasteiger partial charge in [0.15, 0.2) is 6.29 Å². The van der Waals surface area contributed by atoms with Crippen LogP contribution in [0.15, 0.2) is 18.2 Å². The molecular formula is C21H30F2O2. The fraction of sp³-hybridized carbons (Fsp3) is 0.714. The molecule has 3 rings (SSSR count). The van der Waals surface area contributed by atoms with E-state index < -0.39 is 11.6 Å². The summed E-state index contributed by atoms with van der Waals surface area (Å²) < 4.78 is 38.8. The second kappa shape index (κ2) is 9.09. The van der Waals surface area contributed by atoms with E-state index in [1.165, 1.54) is 37.8 Å². The zero-order valence-electron chi connectivity index (χ0n) is 15.2. The van der Waals surface area contributed by atoms with Crippen LogP contribution >= 0.6 is 0 Å². The van der Waals surface area contributed by atoms with Crippen molar-refractivity contribution in [1.82, 2.24) is 0 Å². The van der Waals surface area contributed by atoms with Crippen LogP contribution in [0.3, 0.4) is 0 Å². The van der Waals surface area contributed by atoms with Crippen molar-refractivity contribution in [2.45, 2.75) is 70.5 Å². The van der Waals surface area contributed by atoms with Gasteiger partial charge in [0.2, 0.25) is 0 Å². The van der Waals surface area contributed by atoms with Gasteiger partial charge in [-0.1, -0.05) is 26.2 Å². The highest BCUT2D eigenvalue weighted by molar-refractivity contribution is 5.22. The van der Waals surface area contributed by atoms with Gasteiger partial charge in [-0.2, -0.15) is 0 Å². The molecule has 1 aliphatic carbocycles. The lowest BCUT2D eigenvalue weighted by molar-refractivity contribution is -0.229. The van der Waals surface area contributed by atoms with Crippen molar-refractivity contribution in [3.05, 3.63) is 35.4 Å². The Kier molecular flexibility index (Phi) is 6.83. The fourth-order valence-electron chi connectivity index (χ4n) is 4.22. The second-order valence-corrected chi connectivity index (χ2v) is 7.71. The predicted molar refractivity (Wildman–Crippen MR) is 94.4 cm³/mol. The third-order valence-electron chi connectivity index (χ3n) is 5.72. The average Bonchev–Trinajstić information content (AvgIpc) is 2.62. The molecule has 25 heavy (non-hydrogen) atoms. The van der Waals surface area contributed by atoms with Crippen molar-refractivity contribution in [3.63, 3.8) is 0 Å². The van der Waals surface area contributed by atoms with Crippen LogP contribution in [0.4, 0.5) is 8.78 Å². The number of hydrogen-bond acceptors (Lipinski definition) is 2. The summed E-state index contributed by atoms with van der Waals surface area (Å²) in [5.74, 6) is 0.225. The van der Waals surface area contributed by atoms with Crippen LogP contribution < -0.4 is 0 Å². The van der Waals surface area contributed by atoms with Gasteiger partial charge >= 0.3 is 0 Å². The third kappa shape index (κ3) is 5.24. The Bertz CT molecular complexity index is 512. The number of halogens is 2. The molecule has 140 valence electrons. The fourth-order valence-corrected chi connectivity index (χ4v) is 4.22. The summed E-state index contributed by atoms with van der Waals surface area (Å²) in [4.78, 5) is 0. The minimum absolute atomic E-state index is 0.0902. The second-order valence-electron chi connectivity index (χ2n) is 7.71. The largest absolute Gasteiger partial charge is 0.352 e. The molecule has 2 aliphatic rings. The molecule has 4 heteroatoms. The lowest BCUT2D eigenvalue weighted by Gasteiger charge is -2.37. The van der Waals surface area contributed by atoms with E-state index in [0.717, 1.165) is 50.5 Å². The van der Waals surface area contributed by atoms with Crippen molar-refractivity contribution in [3.8, 4) is 0 Å². The maximum atomic E-state index is 13.4. The maximum absolute atomic E-state index is 13.4. The molecule has 0 atom stereocenters. The summed E-state index contributed by atoms with van der Waals surface area (Å²) in [6.07, 6.45) is 8.76. The normalized spacial score (nSPS) is 30.4. The van der Waals surface area contributed by atoms with Crippen LogP contribution in [-0.2, 0) is 9.47 Å². The van der Waals surface area contributed by atoms with Gasteiger partial charge in [0.1, 0.15) is 11.6 Å². The monoisotopic (exact) mass is 352 g/mol. The molecule has 1 aliphatic heterocycles. The first-order chi connectivity index (χ1) is 12.2. The smallest absolute Gasteiger partial charge is 0.160 e. The number of unbranched alkanes of at least 4 members (excludes halogenated alkanes) is 2. The minimum Gasteiger partial charge on any atom is -0.352 e. The van der Waals surface area contributed by atoms with E-state index in [9.17, 15) is 8.78 Å². The molecule has 0 aromatic heterocycles. The molecule has 1 saturated heterocycles. The van der Waals surface area contributed by atoms with Crippen molar-refractivity contribution in [2.75, 3.05) is 13.2 Å². The van der Waals surface area contributed by atoms with Gasteiger partial charge in [-0.25, -0.2) is 8.78 Å². The van der Waals surface area contributed by atoms with Crippen molar-refractivity contribution < 1.29 is 18.3 Å². The van der Waals surface area contributed by atoms with E-state index >= 15 is 0 Å². The number of hydrogen-bond donors (Lipinski definition) is 0. The third-order valence-corrected chi connectivity index (χ3v) is 5.72. The first-order valence-corrected chi connectivity index (χ1v) is 9.85. The Morgan fingerprint density at radius 2 is 1.56 bits per heavy atom. The van der Waals surface area contributed by atoms with Crippen LogP contribution in [0, 0.1) is 23.5 Å². The number of benzene rings is 1. The molecule has 1 aromatic rings. The summed E-state index contributed by atoms with van der Waals surface area (Å²) in [5, 5.41) is 0. The van der Waals surface area contributed by atoms with E-state index in [0.29, 0.717) is 11.8 Å². The SMILES string of the molecule is CCCCCC1COC(C2CCC(c3cc(F)cc(F)c3)CC2)OC1. The Balaban J connectivity index is 1.44. The van der Waals surface area contributed by atoms with Crippen molar-refractivity contribution in [1.29, 1.82) is 0 Å². The van der Waals surface area contributed by atoms with Crippen LogP contribution in [0.2, 0.25) is 0 Å². The maximum Gasteiger partial charge on any atom is 0.160 e. The molecular weight excluding hydrogens is 322 g/mol. The quantitative estimate of drug-likeness (QED) is 0.602. The molecule has 0 N–H and O–H groups in total. The molecule has 0 radical (unpaired) electrons. The number of ether oxygens (including phenoxy) is 2. The summed E-state index contributed by atoms with van der Waals surface area (Å²) in [7, 11) is 0. The molecule has 0 unspecified atom stereocenters. The first-order valence-electron chi connectivity index (χ1n) is 9.85. The molecule has 0 bridgehead atoms. The van der Waals surface area contributed by atoms with Gasteiger partial charge in [0.05, 0.1) is 13.2 Å².